The lowest BCUT2D eigenvalue weighted by molar-refractivity contribution is 0.0760. The van der Waals surface area contributed by atoms with Crippen molar-refractivity contribution in [1.82, 2.24) is 4.90 Å². The van der Waals surface area contributed by atoms with E-state index in [9.17, 15) is 4.79 Å². The van der Waals surface area contributed by atoms with E-state index in [0.717, 1.165) is 36.4 Å². The summed E-state index contributed by atoms with van der Waals surface area (Å²) in [6.07, 6.45) is 1.12. The minimum atomic E-state index is 0.124. The molecule has 0 aliphatic carbocycles. The van der Waals surface area contributed by atoms with Crippen molar-refractivity contribution in [2.45, 2.75) is 25.5 Å². The topological polar surface area (TPSA) is 46.3 Å². The van der Waals surface area contributed by atoms with E-state index in [1.165, 1.54) is 0 Å². The molecule has 1 fully saturated rings. The Morgan fingerprint density at radius 3 is 3.06 bits per heavy atom. The Morgan fingerprint density at radius 1 is 1.56 bits per heavy atom. The third kappa shape index (κ3) is 2.64. The minimum absolute atomic E-state index is 0.124. The monoisotopic (exact) mass is 264 g/mol. The zero-order valence-corrected chi connectivity index (χ0v) is 11.8. The van der Waals surface area contributed by atoms with Crippen molar-refractivity contribution in [1.29, 1.82) is 0 Å². The molecule has 1 unspecified atom stereocenters. The van der Waals surface area contributed by atoms with Crippen LogP contribution in [0.5, 0.6) is 0 Å². The highest BCUT2D eigenvalue weighted by Gasteiger charge is 2.24. The van der Waals surface area contributed by atoms with E-state index in [2.05, 4.69) is 6.92 Å². The molecule has 98 valence electrons. The summed E-state index contributed by atoms with van der Waals surface area (Å²) >= 11 is 1.97. The van der Waals surface area contributed by atoms with Gasteiger partial charge in [0.15, 0.2) is 0 Å². The van der Waals surface area contributed by atoms with Gasteiger partial charge in [0.2, 0.25) is 0 Å². The third-order valence-electron chi connectivity index (χ3n) is 3.49. The van der Waals surface area contributed by atoms with Crippen LogP contribution in [0.25, 0.3) is 0 Å². The predicted octanol–water partition coefficient (Wildman–Crippen LogP) is 2.54. The second-order valence-electron chi connectivity index (χ2n) is 4.67. The summed E-state index contributed by atoms with van der Waals surface area (Å²) in [7, 11) is 0. The molecule has 0 bridgehead atoms. The smallest absolute Gasteiger partial charge is 0.254 e. The second kappa shape index (κ2) is 5.65. The zero-order valence-electron chi connectivity index (χ0n) is 11.0. The van der Waals surface area contributed by atoms with E-state index in [4.69, 9.17) is 5.73 Å². The van der Waals surface area contributed by atoms with Gasteiger partial charge in [-0.25, -0.2) is 0 Å². The molecule has 0 saturated carbocycles. The van der Waals surface area contributed by atoms with Gasteiger partial charge in [0.25, 0.3) is 5.91 Å². The number of benzene rings is 1. The first-order valence-electron chi connectivity index (χ1n) is 6.39. The van der Waals surface area contributed by atoms with Gasteiger partial charge in [-0.3, -0.25) is 4.79 Å². The van der Waals surface area contributed by atoms with Crippen molar-refractivity contribution < 1.29 is 4.79 Å². The maximum absolute atomic E-state index is 12.5. The number of nitrogen functional groups attached to an aromatic ring is 1. The van der Waals surface area contributed by atoms with E-state index in [-0.39, 0.29) is 5.91 Å². The molecule has 3 nitrogen and oxygen atoms in total. The average molecular weight is 264 g/mol. The number of nitrogens with two attached hydrogens (primary N) is 1. The van der Waals surface area contributed by atoms with Crippen LogP contribution in [-0.2, 0) is 0 Å². The van der Waals surface area contributed by atoms with E-state index in [1.807, 2.05) is 41.8 Å². The van der Waals surface area contributed by atoms with Crippen molar-refractivity contribution in [3.8, 4) is 0 Å². The fourth-order valence-corrected chi connectivity index (χ4v) is 3.39. The van der Waals surface area contributed by atoms with Crippen LogP contribution in [0, 0.1) is 6.92 Å². The number of anilines is 1. The molecule has 4 heteroatoms. The Morgan fingerprint density at radius 2 is 2.33 bits per heavy atom. The Balaban J connectivity index is 2.18. The number of carbonyl (C=O) groups excluding carboxylic acids is 1. The lowest BCUT2D eigenvalue weighted by Crippen LogP contribution is -2.42. The number of thioether (sulfide) groups is 1. The normalized spacial score (nSPS) is 19.9. The summed E-state index contributed by atoms with van der Waals surface area (Å²) in [6, 6.07) is 5.56. The highest BCUT2D eigenvalue weighted by molar-refractivity contribution is 8.00. The number of nitrogens with zero attached hydrogens (tertiary/aromatic N) is 1. The van der Waals surface area contributed by atoms with Crippen molar-refractivity contribution in [2.24, 2.45) is 0 Å². The van der Waals surface area contributed by atoms with Crippen LogP contribution >= 0.6 is 11.8 Å². The zero-order chi connectivity index (χ0) is 13.1. The molecule has 0 spiro atoms. The van der Waals surface area contributed by atoms with Crippen molar-refractivity contribution >= 4 is 23.4 Å². The first kappa shape index (κ1) is 13.3. The van der Waals surface area contributed by atoms with Gasteiger partial charge in [0.05, 0.1) is 0 Å². The lowest BCUT2D eigenvalue weighted by atomic mass is 10.1. The van der Waals surface area contributed by atoms with Gasteiger partial charge in [-0.2, -0.15) is 11.8 Å². The molecule has 18 heavy (non-hydrogen) atoms. The van der Waals surface area contributed by atoms with Crippen LogP contribution in [0.3, 0.4) is 0 Å². The third-order valence-corrected chi connectivity index (χ3v) is 4.86. The number of hydrogen-bond acceptors (Lipinski definition) is 3. The molecule has 1 aliphatic rings. The number of rotatable bonds is 2. The highest BCUT2D eigenvalue weighted by atomic mass is 32.2. The van der Waals surface area contributed by atoms with E-state index >= 15 is 0 Å². The standard InChI is InChI=1S/C14H20N2OS/c1-3-11-9-16(7-8-18-11)14(17)12-5-4-6-13(15)10(12)2/h4-6,11H,3,7-9,15H2,1-2H3. The summed E-state index contributed by atoms with van der Waals surface area (Å²) in [5, 5.41) is 0.573. The van der Waals surface area contributed by atoms with Gasteiger partial charge in [-0.1, -0.05) is 13.0 Å². The van der Waals surface area contributed by atoms with Crippen LogP contribution < -0.4 is 5.73 Å². The van der Waals surface area contributed by atoms with Gasteiger partial charge >= 0.3 is 0 Å². The first-order valence-corrected chi connectivity index (χ1v) is 7.44. The number of amides is 1. The fourth-order valence-electron chi connectivity index (χ4n) is 2.21. The summed E-state index contributed by atoms with van der Waals surface area (Å²) in [5.74, 6) is 1.16. The Kier molecular flexibility index (Phi) is 4.17. The Labute approximate surface area is 113 Å². The second-order valence-corrected chi connectivity index (χ2v) is 6.08. The molecule has 1 aromatic carbocycles. The SMILES string of the molecule is CCC1CN(C(=O)c2cccc(N)c2C)CCS1. The quantitative estimate of drug-likeness (QED) is 0.835. The maximum Gasteiger partial charge on any atom is 0.254 e. The van der Waals surface area contributed by atoms with E-state index in [0.29, 0.717) is 10.9 Å². The molecular formula is C14H20N2OS. The maximum atomic E-state index is 12.5. The van der Waals surface area contributed by atoms with Crippen LogP contribution in [-0.4, -0.2) is 34.9 Å². The minimum Gasteiger partial charge on any atom is -0.398 e. The molecule has 1 amide bonds. The molecule has 1 heterocycles. The van der Waals surface area contributed by atoms with Crippen LogP contribution in [0.4, 0.5) is 5.69 Å². The van der Waals surface area contributed by atoms with Gasteiger partial charge in [0, 0.05) is 35.3 Å². The molecule has 1 aliphatic heterocycles. The molecule has 1 atom stereocenters. The first-order chi connectivity index (χ1) is 8.63. The predicted molar refractivity (Wildman–Crippen MR) is 78.0 cm³/mol. The molecule has 2 N–H and O–H groups in total. The van der Waals surface area contributed by atoms with E-state index in [1.54, 1.807) is 0 Å². The summed E-state index contributed by atoms with van der Waals surface area (Å²) in [6.45, 7) is 5.79. The molecule has 1 aromatic rings. The van der Waals surface area contributed by atoms with Crippen LogP contribution in [0.15, 0.2) is 18.2 Å². The molecule has 2 rings (SSSR count). The van der Waals surface area contributed by atoms with Gasteiger partial charge < -0.3 is 10.6 Å². The van der Waals surface area contributed by atoms with E-state index < -0.39 is 0 Å². The molecule has 0 aromatic heterocycles. The Bertz CT molecular complexity index is 447. The highest BCUT2D eigenvalue weighted by Crippen LogP contribution is 2.24. The average Bonchev–Trinajstić information content (AvgIpc) is 2.41. The number of hydrogen-bond donors (Lipinski definition) is 1. The summed E-state index contributed by atoms with van der Waals surface area (Å²) in [5.41, 5.74) is 8.20. The van der Waals surface area contributed by atoms with Gasteiger partial charge in [-0.05, 0) is 31.0 Å². The van der Waals surface area contributed by atoms with Crippen molar-refractivity contribution in [2.75, 3.05) is 24.6 Å². The van der Waals surface area contributed by atoms with Crippen LogP contribution in [0.2, 0.25) is 0 Å². The fraction of sp³-hybridized carbons (Fsp3) is 0.500. The molecule has 0 radical (unpaired) electrons. The summed E-state index contributed by atoms with van der Waals surface area (Å²) in [4.78, 5) is 14.5. The molecular weight excluding hydrogens is 244 g/mol. The van der Waals surface area contributed by atoms with Gasteiger partial charge in [-0.15, -0.1) is 0 Å². The van der Waals surface area contributed by atoms with Crippen LogP contribution in [0.1, 0.15) is 29.3 Å². The number of carbonyl (C=O) groups is 1. The van der Waals surface area contributed by atoms with Gasteiger partial charge in [0.1, 0.15) is 0 Å². The lowest BCUT2D eigenvalue weighted by Gasteiger charge is -2.32. The van der Waals surface area contributed by atoms with Crippen molar-refractivity contribution in [3.05, 3.63) is 29.3 Å². The molecule has 1 saturated heterocycles. The van der Waals surface area contributed by atoms with Crippen molar-refractivity contribution in [3.63, 3.8) is 0 Å². The largest absolute Gasteiger partial charge is 0.398 e. The Hall–Kier alpha value is -1.16. The summed E-state index contributed by atoms with van der Waals surface area (Å²) < 4.78 is 0.